The molecule has 0 bridgehead atoms. The minimum Gasteiger partial charge on any atom is -0.300 e. The average molecular weight is 205 g/mol. The van der Waals surface area contributed by atoms with Crippen LogP contribution in [0.4, 0.5) is 0 Å². The fraction of sp³-hybridized carbons (Fsp3) is 0.625. The number of alkyl halides is 1. The molecule has 0 unspecified atom stereocenters. The van der Waals surface area contributed by atoms with Crippen LogP contribution in [0.25, 0.3) is 0 Å². The lowest BCUT2D eigenvalue weighted by Gasteiger charge is -1.94. The van der Waals surface area contributed by atoms with Gasteiger partial charge in [0.05, 0.1) is 0 Å². The first-order chi connectivity index (χ1) is 4.81. The van der Waals surface area contributed by atoms with Crippen LogP contribution in [0, 0.1) is 0 Å². The monoisotopic (exact) mass is 204 g/mol. The lowest BCUT2D eigenvalue weighted by Crippen LogP contribution is -1.96. The second kappa shape index (κ2) is 7.00. The summed E-state index contributed by atoms with van der Waals surface area (Å²) in [5, 5.41) is 0.923. The van der Waals surface area contributed by atoms with E-state index in [-0.39, 0.29) is 0 Å². The molecule has 2 heteroatoms. The summed E-state index contributed by atoms with van der Waals surface area (Å²) in [6.07, 6.45) is 4.93. The lowest BCUT2D eigenvalue weighted by molar-refractivity contribution is -0.119. The molecule has 0 aromatic heterocycles. The SMILES string of the molecule is C=CCCC(=O)CCCBr. The Morgan fingerprint density at radius 1 is 1.50 bits per heavy atom. The largest absolute Gasteiger partial charge is 0.300 e. The van der Waals surface area contributed by atoms with Crippen LogP contribution in [0.15, 0.2) is 12.7 Å². The molecule has 58 valence electrons. The number of hydrogen-bond donors (Lipinski definition) is 0. The third-order valence-corrected chi connectivity index (χ3v) is 1.78. The number of allylic oxidation sites excluding steroid dienone is 1. The van der Waals surface area contributed by atoms with Crippen LogP contribution in [0.2, 0.25) is 0 Å². The van der Waals surface area contributed by atoms with Crippen molar-refractivity contribution in [3.8, 4) is 0 Å². The van der Waals surface area contributed by atoms with Gasteiger partial charge >= 0.3 is 0 Å². The Kier molecular flexibility index (Phi) is 6.93. The van der Waals surface area contributed by atoms with E-state index in [1.807, 2.05) is 0 Å². The van der Waals surface area contributed by atoms with Gasteiger partial charge in [-0.05, 0) is 12.8 Å². The summed E-state index contributed by atoms with van der Waals surface area (Å²) >= 11 is 3.27. The Morgan fingerprint density at radius 2 is 2.20 bits per heavy atom. The first-order valence-corrected chi connectivity index (χ1v) is 4.62. The smallest absolute Gasteiger partial charge is 0.133 e. The van der Waals surface area contributed by atoms with Crippen molar-refractivity contribution in [1.29, 1.82) is 0 Å². The summed E-state index contributed by atoms with van der Waals surface area (Å²) in [7, 11) is 0. The molecule has 0 aromatic rings. The predicted molar refractivity (Wildman–Crippen MR) is 47.5 cm³/mol. The third kappa shape index (κ3) is 6.02. The fourth-order valence-corrected chi connectivity index (χ4v) is 0.932. The number of rotatable bonds is 6. The van der Waals surface area contributed by atoms with Gasteiger partial charge in [0.1, 0.15) is 5.78 Å². The topological polar surface area (TPSA) is 17.1 Å². The molecule has 0 heterocycles. The maximum absolute atomic E-state index is 10.9. The van der Waals surface area contributed by atoms with Crippen molar-refractivity contribution in [3.63, 3.8) is 0 Å². The van der Waals surface area contributed by atoms with Gasteiger partial charge in [-0.3, -0.25) is 4.79 Å². The van der Waals surface area contributed by atoms with Gasteiger partial charge in [-0.25, -0.2) is 0 Å². The molecule has 1 nitrogen and oxygen atoms in total. The van der Waals surface area contributed by atoms with E-state index < -0.39 is 0 Å². The molecule has 10 heavy (non-hydrogen) atoms. The van der Waals surface area contributed by atoms with Crippen molar-refractivity contribution in [1.82, 2.24) is 0 Å². The van der Waals surface area contributed by atoms with E-state index in [1.165, 1.54) is 0 Å². The van der Waals surface area contributed by atoms with Gasteiger partial charge < -0.3 is 0 Å². The molecule has 0 aromatic carbocycles. The third-order valence-electron chi connectivity index (χ3n) is 1.22. The van der Waals surface area contributed by atoms with Crippen LogP contribution >= 0.6 is 15.9 Å². The fourth-order valence-electron chi connectivity index (χ4n) is 0.652. The Bertz CT molecular complexity index is 110. The molecule has 0 fully saturated rings. The highest BCUT2D eigenvalue weighted by molar-refractivity contribution is 9.09. The van der Waals surface area contributed by atoms with Crippen molar-refractivity contribution in [2.24, 2.45) is 0 Å². The van der Waals surface area contributed by atoms with E-state index in [4.69, 9.17) is 0 Å². The standard InChI is InChI=1S/C8H13BrO/c1-2-3-5-8(10)6-4-7-9/h2H,1,3-7H2. The van der Waals surface area contributed by atoms with Gasteiger partial charge in [0.15, 0.2) is 0 Å². The van der Waals surface area contributed by atoms with Gasteiger partial charge in [-0.1, -0.05) is 22.0 Å². The van der Waals surface area contributed by atoms with Crippen LogP contribution in [-0.4, -0.2) is 11.1 Å². The zero-order valence-electron chi connectivity index (χ0n) is 6.11. The molecular formula is C8H13BrO. The predicted octanol–water partition coefficient (Wildman–Crippen LogP) is 2.70. The Hall–Kier alpha value is -0.110. The van der Waals surface area contributed by atoms with Crippen LogP contribution < -0.4 is 0 Å². The number of halogens is 1. The van der Waals surface area contributed by atoms with Crippen molar-refractivity contribution < 1.29 is 4.79 Å². The zero-order valence-corrected chi connectivity index (χ0v) is 7.69. The van der Waals surface area contributed by atoms with E-state index in [1.54, 1.807) is 6.08 Å². The van der Waals surface area contributed by atoms with Gasteiger partial charge in [0.25, 0.3) is 0 Å². The molecule has 0 aliphatic heterocycles. The molecule has 0 rings (SSSR count). The summed E-state index contributed by atoms with van der Waals surface area (Å²) in [6, 6.07) is 0. The van der Waals surface area contributed by atoms with Gasteiger partial charge in [0.2, 0.25) is 0 Å². The van der Waals surface area contributed by atoms with E-state index in [9.17, 15) is 4.79 Å². The maximum Gasteiger partial charge on any atom is 0.133 e. The highest BCUT2D eigenvalue weighted by Gasteiger charge is 1.97. The zero-order chi connectivity index (χ0) is 7.82. The van der Waals surface area contributed by atoms with Crippen LogP contribution in [0.3, 0.4) is 0 Å². The number of carbonyl (C=O) groups is 1. The Labute approximate surface area is 70.6 Å². The van der Waals surface area contributed by atoms with E-state index >= 15 is 0 Å². The molecule has 0 saturated heterocycles. The summed E-state index contributed by atoms with van der Waals surface area (Å²) in [6.45, 7) is 3.55. The van der Waals surface area contributed by atoms with Crippen LogP contribution in [-0.2, 0) is 4.79 Å². The summed E-state index contributed by atoms with van der Waals surface area (Å²) in [5.74, 6) is 0.347. The van der Waals surface area contributed by atoms with Crippen LogP contribution in [0.5, 0.6) is 0 Å². The molecule has 0 saturated carbocycles. The summed E-state index contributed by atoms with van der Waals surface area (Å²) < 4.78 is 0. The summed E-state index contributed by atoms with van der Waals surface area (Å²) in [5.41, 5.74) is 0. The van der Waals surface area contributed by atoms with E-state index in [0.717, 1.165) is 18.2 Å². The Balaban J connectivity index is 3.16. The van der Waals surface area contributed by atoms with Crippen LogP contribution in [0.1, 0.15) is 25.7 Å². The molecular weight excluding hydrogens is 192 g/mol. The number of Topliss-reactive ketones (excluding diaryl/α,β-unsaturated/α-hetero) is 1. The second-order valence-corrected chi connectivity index (χ2v) is 2.95. The normalized spacial score (nSPS) is 9.30. The second-order valence-electron chi connectivity index (χ2n) is 2.16. The lowest BCUT2D eigenvalue weighted by atomic mass is 10.1. The molecule has 0 aliphatic carbocycles. The quantitative estimate of drug-likeness (QED) is 0.481. The molecule has 0 spiro atoms. The number of hydrogen-bond acceptors (Lipinski definition) is 1. The molecule has 0 atom stereocenters. The highest BCUT2D eigenvalue weighted by Crippen LogP contribution is 2.00. The van der Waals surface area contributed by atoms with Crippen molar-refractivity contribution in [2.75, 3.05) is 5.33 Å². The van der Waals surface area contributed by atoms with Crippen molar-refractivity contribution in [2.45, 2.75) is 25.7 Å². The van der Waals surface area contributed by atoms with Crippen molar-refractivity contribution >= 4 is 21.7 Å². The van der Waals surface area contributed by atoms with Crippen molar-refractivity contribution in [3.05, 3.63) is 12.7 Å². The maximum atomic E-state index is 10.9. The Morgan fingerprint density at radius 3 is 2.70 bits per heavy atom. The number of carbonyl (C=O) groups excluding carboxylic acids is 1. The van der Waals surface area contributed by atoms with Gasteiger partial charge in [-0.2, -0.15) is 0 Å². The minimum atomic E-state index is 0.347. The first kappa shape index (κ1) is 9.89. The first-order valence-electron chi connectivity index (χ1n) is 3.49. The van der Waals surface area contributed by atoms with E-state index in [0.29, 0.717) is 18.6 Å². The molecule has 0 amide bonds. The minimum absolute atomic E-state index is 0.347. The molecule has 0 aliphatic rings. The van der Waals surface area contributed by atoms with Gasteiger partial charge in [0, 0.05) is 18.2 Å². The summed E-state index contributed by atoms with van der Waals surface area (Å²) in [4.78, 5) is 10.9. The molecule has 0 radical (unpaired) electrons. The number of ketones is 1. The van der Waals surface area contributed by atoms with E-state index in [2.05, 4.69) is 22.5 Å². The van der Waals surface area contributed by atoms with Gasteiger partial charge in [-0.15, -0.1) is 6.58 Å². The highest BCUT2D eigenvalue weighted by atomic mass is 79.9. The molecule has 0 N–H and O–H groups in total. The average Bonchev–Trinajstić information content (AvgIpc) is 1.97.